The Hall–Kier alpha value is -0.830. The molecule has 0 aliphatic rings. The van der Waals surface area contributed by atoms with Crippen LogP contribution in [0, 0.1) is 6.92 Å². The average Bonchev–Trinajstić information content (AvgIpc) is 2.12. The van der Waals surface area contributed by atoms with Gasteiger partial charge in [-0.15, -0.1) is 0 Å². The zero-order valence-corrected chi connectivity index (χ0v) is 10.1. The first-order valence-corrected chi connectivity index (χ1v) is 5.52. The third kappa shape index (κ3) is 3.14. The quantitative estimate of drug-likeness (QED) is 0.651. The third-order valence-corrected chi connectivity index (χ3v) is 2.81. The monoisotopic (exact) mass is 254 g/mol. The van der Waals surface area contributed by atoms with Gasteiger partial charge >= 0.3 is 0 Å². The van der Waals surface area contributed by atoms with Gasteiger partial charge in [-0.3, -0.25) is 0 Å². The zero-order chi connectivity index (χ0) is 10.6. The van der Waals surface area contributed by atoms with E-state index in [1.807, 2.05) is 25.1 Å². The van der Waals surface area contributed by atoms with Gasteiger partial charge in [-0.1, -0.05) is 22.9 Å². The number of aryl methyl sites for hydroxylation is 1. The van der Waals surface area contributed by atoms with E-state index in [2.05, 4.69) is 27.8 Å². The molecule has 2 N–H and O–H groups in total. The van der Waals surface area contributed by atoms with Crippen molar-refractivity contribution in [2.75, 3.05) is 0 Å². The largest absolute Gasteiger partial charge is 0.387 e. The predicted octanol–water partition coefficient (Wildman–Crippen LogP) is 3.55. The minimum Gasteiger partial charge on any atom is -0.387 e. The molecule has 0 amide bonds. The van der Waals surface area contributed by atoms with Crippen LogP contribution in [0.3, 0.4) is 0 Å². The van der Waals surface area contributed by atoms with E-state index >= 15 is 0 Å². The van der Waals surface area contributed by atoms with Gasteiger partial charge in [-0.25, -0.2) is 4.99 Å². The SMILES string of the molecule is CCCC(N)=Nc1ccc(Br)c(C)c1. The molecular formula is C11H15BrN2. The van der Waals surface area contributed by atoms with Gasteiger partial charge in [0, 0.05) is 10.9 Å². The van der Waals surface area contributed by atoms with Gasteiger partial charge in [-0.05, 0) is 37.1 Å². The van der Waals surface area contributed by atoms with Crippen LogP contribution in [0.15, 0.2) is 27.7 Å². The molecular weight excluding hydrogens is 240 g/mol. The molecule has 2 nitrogen and oxygen atoms in total. The Kier molecular flexibility index (Phi) is 4.14. The molecule has 0 saturated carbocycles. The van der Waals surface area contributed by atoms with Gasteiger partial charge < -0.3 is 5.73 Å². The highest BCUT2D eigenvalue weighted by molar-refractivity contribution is 9.10. The summed E-state index contributed by atoms with van der Waals surface area (Å²) in [7, 11) is 0. The summed E-state index contributed by atoms with van der Waals surface area (Å²) in [5.41, 5.74) is 7.85. The lowest BCUT2D eigenvalue weighted by Crippen LogP contribution is -2.09. The van der Waals surface area contributed by atoms with Crippen molar-refractivity contribution in [1.82, 2.24) is 0 Å². The van der Waals surface area contributed by atoms with E-state index in [0.717, 1.165) is 23.0 Å². The normalized spacial score (nSPS) is 11.8. The van der Waals surface area contributed by atoms with E-state index in [9.17, 15) is 0 Å². The topological polar surface area (TPSA) is 38.4 Å². The molecule has 0 saturated heterocycles. The van der Waals surface area contributed by atoms with E-state index < -0.39 is 0 Å². The highest BCUT2D eigenvalue weighted by Crippen LogP contribution is 2.21. The van der Waals surface area contributed by atoms with Crippen LogP contribution < -0.4 is 5.73 Å². The van der Waals surface area contributed by atoms with Gasteiger partial charge in [0.05, 0.1) is 11.5 Å². The molecule has 0 fully saturated rings. The van der Waals surface area contributed by atoms with Crippen molar-refractivity contribution >= 4 is 27.5 Å². The standard InChI is InChI=1S/C11H15BrN2/c1-3-4-11(13)14-9-5-6-10(12)8(2)7-9/h5-7H,3-4H2,1-2H3,(H2,13,14). The summed E-state index contributed by atoms with van der Waals surface area (Å²) in [5.74, 6) is 0.703. The van der Waals surface area contributed by atoms with Crippen LogP contribution in [0.5, 0.6) is 0 Å². The zero-order valence-electron chi connectivity index (χ0n) is 8.55. The molecule has 1 rings (SSSR count). The van der Waals surface area contributed by atoms with Gasteiger partial charge in [-0.2, -0.15) is 0 Å². The fourth-order valence-electron chi connectivity index (χ4n) is 1.18. The summed E-state index contributed by atoms with van der Waals surface area (Å²) in [6.45, 7) is 4.13. The lowest BCUT2D eigenvalue weighted by molar-refractivity contribution is 0.983. The number of aliphatic imine (C=N–C) groups is 1. The fourth-order valence-corrected chi connectivity index (χ4v) is 1.42. The predicted molar refractivity (Wildman–Crippen MR) is 65.1 cm³/mol. The van der Waals surface area contributed by atoms with Gasteiger partial charge in [0.15, 0.2) is 0 Å². The van der Waals surface area contributed by atoms with Crippen molar-refractivity contribution in [2.45, 2.75) is 26.7 Å². The number of nitrogens with zero attached hydrogens (tertiary/aromatic N) is 1. The first kappa shape index (κ1) is 11.2. The van der Waals surface area contributed by atoms with E-state index in [0.29, 0.717) is 5.84 Å². The Morgan fingerprint density at radius 2 is 2.21 bits per heavy atom. The number of hydrogen-bond acceptors (Lipinski definition) is 1. The van der Waals surface area contributed by atoms with Crippen LogP contribution in [0.4, 0.5) is 5.69 Å². The summed E-state index contributed by atoms with van der Waals surface area (Å²) in [4.78, 5) is 4.32. The number of halogens is 1. The molecule has 1 aromatic rings. The molecule has 76 valence electrons. The Labute approximate surface area is 93.4 Å². The molecule has 0 spiro atoms. The van der Waals surface area contributed by atoms with Gasteiger partial charge in [0.2, 0.25) is 0 Å². The molecule has 0 aliphatic carbocycles. The Bertz CT molecular complexity index is 345. The van der Waals surface area contributed by atoms with Crippen molar-refractivity contribution in [3.8, 4) is 0 Å². The van der Waals surface area contributed by atoms with Crippen LogP contribution in [0.1, 0.15) is 25.3 Å². The van der Waals surface area contributed by atoms with Gasteiger partial charge in [0.1, 0.15) is 0 Å². The number of nitrogens with two attached hydrogens (primary N) is 1. The lowest BCUT2D eigenvalue weighted by atomic mass is 10.2. The molecule has 0 heterocycles. The molecule has 1 aromatic carbocycles. The highest BCUT2D eigenvalue weighted by Gasteiger charge is 1.96. The van der Waals surface area contributed by atoms with Crippen LogP contribution in [0.2, 0.25) is 0 Å². The van der Waals surface area contributed by atoms with E-state index in [-0.39, 0.29) is 0 Å². The smallest absolute Gasteiger partial charge is 0.0996 e. The Morgan fingerprint density at radius 3 is 2.79 bits per heavy atom. The minimum absolute atomic E-state index is 0.703. The maximum Gasteiger partial charge on any atom is 0.0996 e. The summed E-state index contributed by atoms with van der Waals surface area (Å²) in [6.07, 6.45) is 1.89. The molecule has 14 heavy (non-hydrogen) atoms. The second-order valence-corrected chi connectivity index (χ2v) is 4.14. The van der Waals surface area contributed by atoms with Crippen LogP contribution >= 0.6 is 15.9 Å². The summed E-state index contributed by atoms with van der Waals surface area (Å²) in [5, 5.41) is 0. The van der Waals surface area contributed by atoms with Crippen LogP contribution in [-0.4, -0.2) is 5.84 Å². The molecule has 0 bridgehead atoms. The van der Waals surface area contributed by atoms with Crippen molar-refractivity contribution in [3.05, 3.63) is 28.2 Å². The molecule has 3 heteroatoms. The number of hydrogen-bond donors (Lipinski definition) is 1. The second kappa shape index (κ2) is 5.15. The summed E-state index contributed by atoms with van der Waals surface area (Å²) in [6, 6.07) is 5.97. The number of benzene rings is 1. The number of rotatable bonds is 3. The summed E-state index contributed by atoms with van der Waals surface area (Å²) < 4.78 is 1.10. The first-order chi connectivity index (χ1) is 6.63. The second-order valence-electron chi connectivity index (χ2n) is 3.29. The highest BCUT2D eigenvalue weighted by atomic mass is 79.9. The van der Waals surface area contributed by atoms with Crippen LogP contribution in [0.25, 0.3) is 0 Å². The van der Waals surface area contributed by atoms with Crippen molar-refractivity contribution < 1.29 is 0 Å². The van der Waals surface area contributed by atoms with Crippen molar-refractivity contribution in [3.63, 3.8) is 0 Å². The van der Waals surface area contributed by atoms with Gasteiger partial charge in [0.25, 0.3) is 0 Å². The molecule has 0 aliphatic heterocycles. The Morgan fingerprint density at radius 1 is 1.50 bits per heavy atom. The van der Waals surface area contributed by atoms with Crippen LogP contribution in [-0.2, 0) is 0 Å². The molecule has 0 radical (unpaired) electrons. The van der Waals surface area contributed by atoms with Crippen molar-refractivity contribution in [1.29, 1.82) is 0 Å². The third-order valence-electron chi connectivity index (χ3n) is 1.92. The molecule has 0 atom stereocenters. The minimum atomic E-state index is 0.703. The molecule has 0 aromatic heterocycles. The Balaban J connectivity index is 2.87. The maximum absolute atomic E-state index is 5.74. The molecule has 0 unspecified atom stereocenters. The summed E-state index contributed by atoms with van der Waals surface area (Å²) >= 11 is 3.45. The fraction of sp³-hybridized carbons (Fsp3) is 0.364. The average molecular weight is 255 g/mol. The lowest BCUT2D eigenvalue weighted by Gasteiger charge is -2.01. The maximum atomic E-state index is 5.74. The van der Waals surface area contributed by atoms with E-state index in [1.54, 1.807) is 0 Å². The number of amidine groups is 1. The van der Waals surface area contributed by atoms with E-state index in [1.165, 1.54) is 5.56 Å². The van der Waals surface area contributed by atoms with Crippen molar-refractivity contribution in [2.24, 2.45) is 10.7 Å². The first-order valence-electron chi connectivity index (χ1n) is 4.72. The van der Waals surface area contributed by atoms with E-state index in [4.69, 9.17) is 5.73 Å².